The molecule has 13 heavy (non-hydrogen) atoms. The molecular weight excluding hydrogens is 200 g/mol. The van der Waals surface area contributed by atoms with Crippen molar-refractivity contribution >= 4 is 16.7 Å². The van der Waals surface area contributed by atoms with Crippen molar-refractivity contribution in [1.29, 1.82) is 0 Å². The minimum atomic E-state index is -4.14. The van der Waals surface area contributed by atoms with Crippen molar-refractivity contribution in [2.75, 3.05) is 6.61 Å². The average molecular weight is 210 g/mol. The molecule has 0 rings (SSSR count). The Kier molecular flexibility index (Phi) is 5.09. The lowest BCUT2D eigenvalue weighted by Gasteiger charge is -2.01. The van der Waals surface area contributed by atoms with Crippen molar-refractivity contribution in [2.45, 2.75) is 13.3 Å². The van der Waals surface area contributed by atoms with Crippen LogP contribution in [0.25, 0.3) is 0 Å². The molecule has 7 heteroatoms. The van der Waals surface area contributed by atoms with Crippen molar-refractivity contribution in [3.63, 3.8) is 0 Å². The van der Waals surface area contributed by atoms with E-state index in [1.807, 2.05) is 0 Å². The first-order valence-electron chi connectivity index (χ1n) is 3.43. The van der Waals surface area contributed by atoms with Gasteiger partial charge in [-0.15, -0.1) is 0 Å². The van der Waals surface area contributed by atoms with E-state index in [0.29, 0.717) is 12.7 Å². The van der Waals surface area contributed by atoms with Gasteiger partial charge in [-0.3, -0.25) is 4.79 Å². The Labute approximate surface area is 76.1 Å². The van der Waals surface area contributed by atoms with E-state index >= 15 is 0 Å². The molecule has 6 nitrogen and oxygen atoms in total. The standard InChI is InChI=1S/C6H10O6S/c1-2-3-11-13(9,10)12-5-6(8)4-7/h4-5,8H,2-3H2,1H3. The van der Waals surface area contributed by atoms with Crippen molar-refractivity contribution in [2.24, 2.45) is 0 Å². The number of aldehydes is 1. The Morgan fingerprint density at radius 1 is 1.54 bits per heavy atom. The second-order valence-electron chi connectivity index (χ2n) is 1.99. The van der Waals surface area contributed by atoms with E-state index in [9.17, 15) is 13.2 Å². The van der Waals surface area contributed by atoms with Gasteiger partial charge < -0.3 is 9.29 Å². The van der Waals surface area contributed by atoms with Gasteiger partial charge in [-0.25, -0.2) is 4.18 Å². The molecule has 0 aliphatic rings. The highest BCUT2D eigenvalue weighted by molar-refractivity contribution is 7.81. The third-order valence-electron chi connectivity index (χ3n) is 0.839. The van der Waals surface area contributed by atoms with Crippen LogP contribution in [-0.4, -0.2) is 26.4 Å². The first-order valence-corrected chi connectivity index (χ1v) is 4.77. The van der Waals surface area contributed by atoms with Gasteiger partial charge in [0, 0.05) is 0 Å². The number of aliphatic hydroxyl groups excluding tert-OH is 1. The van der Waals surface area contributed by atoms with Crippen LogP contribution < -0.4 is 0 Å². The molecule has 0 spiro atoms. The molecule has 0 aliphatic carbocycles. The molecule has 0 heterocycles. The molecule has 0 radical (unpaired) electrons. The van der Waals surface area contributed by atoms with Gasteiger partial charge in [-0.2, -0.15) is 8.42 Å². The van der Waals surface area contributed by atoms with E-state index in [2.05, 4.69) is 8.37 Å². The molecule has 0 aromatic heterocycles. The topological polar surface area (TPSA) is 89.9 Å². The SMILES string of the molecule is CCCOS(=O)(=O)OC=C(O)C=O. The van der Waals surface area contributed by atoms with Crippen LogP contribution in [0.4, 0.5) is 0 Å². The van der Waals surface area contributed by atoms with Gasteiger partial charge in [0.25, 0.3) is 0 Å². The maximum Gasteiger partial charge on any atom is 0.448 e. The van der Waals surface area contributed by atoms with Crippen LogP contribution in [0.2, 0.25) is 0 Å². The lowest BCUT2D eigenvalue weighted by atomic mass is 10.5. The highest BCUT2D eigenvalue weighted by Gasteiger charge is 2.09. The molecule has 0 unspecified atom stereocenters. The molecule has 0 aromatic rings. The summed E-state index contributed by atoms with van der Waals surface area (Å²) < 4.78 is 29.6. The molecule has 0 amide bonds. The zero-order chi connectivity index (χ0) is 10.3. The van der Waals surface area contributed by atoms with Crippen LogP contribution >= 0.6 is 0 Å². The van der Waals surface area contributed by atoms with E-state index in [4.69, 9.17) is 5.11 Å². The fourth-order valence-corrected chi connectivity index (χ4v) is 0.992. The minimum absolute atomic E-state index is 0.0158. The van der Waals surface area contributed by atoms with Crippen LogP contribution in [0.1, 0.15) is 13.3 Å². The Morgan fingerprint density at radius 3 is 2.62 bits per heavy atom. The predicted molar refractivity (Wildman–Crippen MR) is 43.0 cm³/mol. The normalized spacial score (nSPS) is 12.5. The van der Waals surface area contributed by atoms with Crippen LogP contribution in [0.15, 0.2) is 12.0 Å². The maximum atomic E-state index is 10.7. The first kappa shape index (κ1) is 11.9. The number of aliphatic hydroxyl groups is 1. The summed E-state index contributed by atoms with van der Waals surface area (Å²) in [6.45, 7) is 1.70. The van der Waals surface area contributed by atoms with Crippen LogP contribution in [-0.2, 0) is 23.6 Å². The fraction of sp³-hybridized carbons (Fsp3) is 0.500. The predicted octanol–water partition coefficient (Wildman–Crippen LogP) is 0.273. The molecule has 0 saturated heterocycles. The number of carbonyl (C=O) groups is 1. The summed E-state index contributed by atoms with van der Waals surface area (Å²) >= 11 is 0. The van der Waals surface area contributed by atoms with E-state index in [1.165, 1.54) is 0 Å². The highest BCUT2D eigenvalue weighted by atomic mass is 32.3. The van der Waals surface area contributed by atoms with Crippen molar-refractivity contribution in [3.05, 3.63) is 12.0 Å². The van der Waals surface area contributed by atoms with Crippen LogP contribution in [0.3, 0.4) is 0 Å². The van der Waals surface area contributed by atoms with Gasteiger partial charge in [0.1, 0.15) is 0 Å². The molecule has 0 aromatic carbocycles. The van der Waals surface area contributed by atoms with E-state index in [-0.39, 0.29) is 12.9 Å². The summed E-state index contributed by atoms with van der Waals surface area (Å²) in [5.41, 5.74) is 0. The lowest BCUT2D eigenvalue weighted by molar-refractivity contribution is -0.107. The Bertz CT molecular complexity index is 277. The van der Waals surface area contributed by atoms with Gasteiger partial charge in [-0.1, -0.05) is 6.92 Å². The van der Waals surface area contributed by atoms with Gasteiger partial charge in [-0.05, 0) is 6.42 Å². The Morgan fingerprint density at radius 2 is 2.15 bits per heavy atom. The molecule has 0 saturated carbocycles. The Balaban J connectivity index is 4.11. The number of hydrogen-bond donors (Lipinski definition) is 1. The molecule has 76 valence electrons. The lowest BCUT2D eigenvalue weighted by Crippen LogP contribution is -2.08. The summed E-state index contributed by atoms with van der Waals surface area (Å²) in [6, 6.07) is 0. The number of carbonyl (C=O) groups excluding carboxylic acids is 1. The largest absolute Gasteiger partial charge is 0.502 e. The van der Waals surface area contributed by atoms with Crippen LogP contribution in [0, 0.1) is 0 Å². The number of rotatable bonds is 6. The zero-order valence-corrected chi connectivity index (χ0v) is 7.78. The summed E-state index contributed by atoms with van der Waals surface area (Å²) in [5, 5.41) is 8.49. The molecule has 0 atom stereocenters. The maximum absolute atomic E-state index is 10.7. The summed E-state index contributed by atoms with van der Waals surface area (Å²) in [6.07, 6.45) is 0.930. The van der Waals surface area contributed by atoms with E-state index < -0.39 is 16.2 Å². The van der Waals surface area contributed by atoms with E-state index in [1.54, 1.807) is 6.92 Å². The highest BCUT2D eigenvalue weighted by Crippen LogP contribution is 1.98. The fourth-order valence-electron chi connectivity index (χ4n) is 0.349. The number of allylic oxidation sites excluding steroid dienone is 1. The van der Waals surface area contributed by atoms with Gasteiger partial charge in [0.2, 0.25) is 0 Å². The Hall–Kier alpha value is -1.08. The van der Waals surface area contributed by atoms with Gasteiger partial charge >= 0.3 is 10.4 Å². The molecule has 0 bridgehead atoms. The van der Waals surface area contributed by atoms with Crippen molar-refractivity contribution in [3.8, 4) is 0 Å². The van der Waals surface area contributed by atoms with Crippen molar-refractivity contribution < 1.29 is 26.7 Å². The second kappa shape index (κ2) is 5.55. The molecular formula is C6H10O6S. The minimum Gasteiger partial charge on any atom is -0.502 e. The third kappa shape index (κ3) is 6.12. The average Bonchev–Trinajstić information content (AvgIpc) is 2.11. The monoisotopic (exact) mass is 210 g/mol. The number of hydrogen-bond acceptors (Lipinski definition) is 6. The van der Waals surface area contributed by atoms with Gasteiger partial charge in [0.05, 0.1) is 6.61 Å². The smallest absolute Gasteiger partial charge is 0.448 e. The van der Waals surface area contributed by atoms with Crippen molar-refractivity contribution in [1.82, 2.24) is 0 Å². The van der Waals surface area contributed by atoms with Crippen LogP contribution in [0.5, 0.6) is 0 Å². The van der Waals surface area contributed by atoms with Gasteiger partial charge in [0.15, 0.2) is 18.3 Å². The quantitative estimate of drug-likeness (QED) is 0.384. The molecule has 0 fully saturated rings. The summed E-state index contributed by atoms with van der Waals surface area (Å²) in [4.78, 5) is 9.80. The first-order chi connectivity index (χ1) is 6.02. The third-order valence-corrected chi connectivity index (χ3v) is 1.63. The zero-order valence-electron chi connectivity index (χ0n) is 6.97. The summed E-state index contributed by atoms with van der Waals surface area (Å²) in [7, 11) is -4.14. The second-order valence-corrected chi connectivity index (χ2v) is 3.23. The van der Waals surface area contributed by atoms with E-state index in [0.717, 1.165) is 0 Å². The molecule has 1 N–H and O–H groups in total. The summed E-state index contributed by atoms with van der Waals surface area (Å²) in [5.74, 6) is -0.830. The molecule has 0 aliphatic heterocycles.